The highest BCUT2D eigenvalue weighted by Crippen LogP contribution is 2.08. The van der Waals surface area contributed by atoms with Crippen molar-refractivity contribution in [2.24, 2.45) is 0 Å². The fourth-order valence-electron chi connectivity index (χ4n) is 1.14. The van der Waals surface area contributed by atoms with Crippen LogP contribution in [0.5, 0.6) is 0 Å². The van der Waals surface area contributed by atoms with E-state index in [2.05, 4.69) is 19.9 Å². The molecular weight excluding hydrogens is 184 g/mol. The van der Waals surface area contributed by atoms with E-state index >= 15 is 0 Å². The number of hydrogen-bond donors (Lipinski definition) is 0. The largest absolute Gasteiger partial charge is 0.290 e. The van der Waals surface area contributed by atoms with Gasteiger partial charge in [-0.05, 0) is 59.1 Å². The van der Waals surface area contributed by atoms with Gasteiger partial charge in [0.2, 0.25) is 0 Å². The van der Waals surface area contributed by atoms with Gasteiger partial charge in [-0.3, -0.25) is 4.79 Å². The van der Waals surface area contributed by atoms with E-state index in [1.54, 1.807) is 6.08 Å². The Morgan fingerprint density at radius 2 is 1.73 bits per heavy atom. The van der Waals surface area contributed by atoms with Gasteiger partial charge in [0.25, 0.3) is 0 Å². The third-order valence-electron chi connectivity index (χ3n) is 2.29. The average molecular weight is 206 g/mol. The van der Waals surface area contributed by atoms with Crippen molar-refractivity contribution in [2.45, 2.75) is 47.5 Å². The van der Waals surface area contributed by atoms with Crippen molar-refractivity contribution in [3.63, 3.8) is 0 Å². The van der Waals surface area contributed by atoms with Gasteiger partial charge in [0.05, 0.1) is 0 Å². The topological polar surface area (TPSA) is 17.1 Å². The molecule has 0 aliphatic heterocycles. The quantitative estimate of drug-likeness (QED) is 0.486. The molecule has 0 bridgehead atoms. The molecule has 0 N–H and O–H groups in total. The lowest BCUT2D eigenvalue weighted by Gasteiger charge is -1.99. The second kappa shape index (κ2) is 7.22. The SMILES string of the molecule is C/C=C(\C)C(=O)/C=C(\C)CCC=C(C)C. The van der Waals surface area contributed by atoms with Crippen molar-refractivity contribution < 1.29 is 4.79 Å². The summed E-state index contributed by atoms with van der Waals surface area (Å²) in [7, 11) is 0. The van der Waals surface area contributed by atoms with E-state index in [9.17, 15) is 4.79 Å². The van der Waals surface area contributed by atoms with Gasteiger partial charge in [-0.1, -0.05) is 23.3 Å². The molecule has 1 nitrogen and oxygen atoms in total. The Balaban J connectivity index is 4.21. The van der Waals surface area contributed by atoms with Crippen LogP contribution in [-0.2, 0) is 4.79 Å². The fourth-order valence-corrected chi connectivity index (χ4v) is 1.14. The maximum Gasteiger partial charge on any atom is 0.181 e. The molecule has 0 rings (SSSR count). The first-order valence-corrected chi connectivity index (χ1v) is 5.45. The molecule has 0 atom stereocenters. The number of hydrogen-bond acceptors (Lipinski definition) is 1. The van der Waals surface area contributed by atoms with E-state index in [4.69, 9.17) is 0 Å². The number of ketones is 1. The third-order valence-corrected chi connectivity index (χ3v) is 2.29. The van der Waals surface area contributed by atoms with Crippen molar-refractivity contribution >= 4 is 5.78 Å². The number of carbonyl (C=O) groups is 1. The Morgan fingerprint density at radius 3 is 2.20 bits per heavy atom. The van der Waals surface area contributed by atoms with Crippen LogP contribution < -0.4 is 0 Å². The third kappa shape index (κ3) is 6.89. The minimum atomic E-state index is 0.132. The maximum atomic E-state index is 11.5. The van der Waals surface area contributed by atoms with Crippen molar-refractivity contribution in [3.8, 4) is 0 Å². The van der Waals surface area contributed by atoms with Gasteiger partial charge < -0.3 is 0 Å². The normalized spacial score (nSPS) is 12.6. The molecule has 0 radical (unpaired) electrons. The zero-order valence-electron chi connectivity index (χ0n) is 10.6. The van der Waals surface area contributed by atoms with Gasteiger partial charge in [-0.2, -0.15) is 0 Å². The molecule has 0 spiro atoms. The minimum Gasteiger partial charge on any atom is -0.290 e. The van der Waals surface area contributed by atoms with Crippen LogP contribution in [0.1, 0.15) is 47.5 Å². The lowest BCUT2D eigenvalue weighted by Crippen LogP contribution is -1.95. The summed E-state index contributed by atoms with van der Waals surface area (Å²) >= 11 is 0. The Kier molecular flexibility index (Phi) is 6.68. The number of carbonyl (C=O) groups excluding carboxylic acids is 1. The van der Waals surface area contributed by atoms with Gasteiger partial charge >= 0.3 is 0 Å². The van der Waals surface area contributed by atoms with E-state index in [1.165, 1.54) is 5.57 Å². The summed E-state index contributed by atoms with van der Waals surface area (Å²) in [5.41, 5.74) is 3.30. The standard InChI is InChI=1S/C14H22O/c1-6-13(5)14(15)10-12(4)9-7-8-11(2)3/h6,8,10H,7,9H2,1-5H3/b12-10+,13-6+. The highest BCUT2D eigenvalue weighted by molar-refractivity contribution is 6.03. The predicted octanol–water partition coefficient (Wildman–Crippen LogP) is 4.21. The van der Waals surface area contributed by atoms with E-state index in [0.717, 1.165) is 24.0 Å². The second-order valence-corrected chi connectivity index (χ2v) is 4.15. The molecule has 0 unspecified atom stereocenters. The van der Waals surface area contributed by atoms with Gasteiger partial charge in [0.1, 0.15) is 0 Å². The zero-order chi connectivity index (χ0) is 11.8. The zero-order valence-corrected chi connectivity index (χ0v) is 10.6. The van der Waals surface area contributed by atoms with E-state index < -0.39 is 0 Å². The van der Waals surface area contributed by atoms with Gasteiger partial charge in [-0.15, -0.1) is 0 Å². The monoisotopic (exact) mass is 206 g/mol. The first-order chi connectivity index (χ1) is 6.97. The molecule has 84 valence electrons. The summed E-state index contributed by atoms with van der Waals surface area (Å²) in [5.74, 6) is 0.132. The first kappa shape index (κ1) is 13.9. The van der Waals surface area contributed by atoms with Crippen LogP contribution in [-0.4, -0.2) is 5.78 Å². The molecular formula is C14H22O. The molecule has 0 amide bonds. The van der Waals surface area contributed by atoms with Gasteiger partial charge in [0, 0.05) is 0 Å². The first-order valence-electron chi connectivity index (χ1n) is 5.45. The molecule has 0 aliphatic carbocycles. The average Bonchev–Trinajstić information content (AvgIpc) is 2.15. The molecule has 1 heteroatoms. The Morgan fingerprint density at radius 1 is 1.13 bits per heavy atom. The van der Waals surface area contributed by atoms with E-state index in [-0.39, 0.29) is 5.78 Å². The molecule has 0 aliphatic rings. The highest BCUT2D eigenvalue weighted by Gasteiger charge is 1.99. The summed E-state index contributed by atoms with van der Waals surface area (Å²) in [6.45, 7) is 9.93. The molecule has 0 aromatic rings. The van der Waals surface area contributed by atoms with Crippen LogP contribution in [0, 0.1) is 0 Å². The highest BCUT2D eigenvalue weighted by atomic mass is 16.1. The predicted molar refractivity (Wildman–Crippen MR) is 66.9 cm³/mol. The minimum absolute atomic E-state index is 0.132. The van der Waals surface area contributed by atoms with Gasteiger partial charge in [0.15, 0.2) is 5.78 Å². The summed E-state index contributed by atoms with van der Waals surface area (Å²) in [4.78, 5) is 11.5. The molecule has 0 saturated heterocycles. The molecule has 0 fully saturated rings. The van der Waals surface area contributed by atoms with Crippen LogP contribution in [0.25, 0.3) is 0 Å². The van der Waals surface area contributed by atoms with Crippen LogP contribution in [0.2, 0.25) is 0 Å². The maximum absolute atomic E-state index is 11.5. The fraction of sp³-hybridized carbons (Fsp3) is 0.500. The van der Waals surface area contributed by atoms with Crippen LogP contribution in [0.3, 0.4) is 0 Å². The number of allylic oxidation sites excluding steroid dienone is 6. The second-order valence-electron chi connectivity index (χ2n) is 4.15. The lowest BCUT2D eigenvalue weighted by molar-refractivity contribution is -0.111. The van der Waals surface area contributed by atoms with E-state index in [0.29, 0.717) is 0 Å². The smallest absolute Gasteiger partial charge is 0.181 e. The van der Waals surface area contributed by atoms with Crippen molar-refractivity contribution in [2.75, 3.05) is 0 Å². The number of rotatable bonds is 5. The molecule has 0 heterocycles. The summed E-state index contributed by atoms with van der Waals surface area (Å²) in [6, 6.07) is 0. The van der Waals surface area contributed by atoms with Gasteiger partial charge in [-0.25, -0.2) is 0 Å². The molecule has 0 saturated carbocycles. The molecule has 0 aromatic heterocycles. The Hall–Kier alpha value is -1.11. The summed E-state index contributed by atoms with van der Waals surface area (Å²) < 4.78 is 0. The van der Waals surface area contributed by atoms with Crippen molar-refractivity contribution in [1.29, 1.82) is 0 Å². The molecule has 15 heavy (non-hydrogen) atoms. The summed E-state index contributed by atoms with van der Waals surface area (Å²) in [6.07, 6.45) is 7.78. The Labute approximate surface area is 93.6 Å². The van der Waals surface area contributed by atoms with Crippen LogP contribution >= 0.6 is 0 Å². The van der Waals surface area contributed by atoms with Crippen LogP contribution in [0.15, 0.2) is 34.9 Å². The lowest BCUT2D eigenvalue weighted by atomic mass is 10.1. The van der Waals surface area contributed by atoms with Crippen LogP contribution in [0.4, 0.5) is 0 Å². The summed E-state index contributed by atoms with van der Waals surface area (Å²) in [5, 5.41) is 0. The van der Waals surface area contributed by atoms with Crippen molar-refractivity contribution in [3.05, 3.63) is 34.9 Å². The van der Waals surface area contributed by atoms with E-state index in [1.807, 2.05) is 26.8 Å². The molecule has 0 aromatic carbocycles. The van der Waals surface area contributed by atoms with Crippen molar-refractivity contribution in [1.82, 2.24) is 0 Å². The Bertz CT molecular complexity index is 299.